The third-order valence-corrected chi connectivity index (χ3v) is 8.23. The first-order chi connectivity index (χ1) is 16.3. The van der Waals surface area contributed by atoms with Crippen LogP contribution in [0.5, 0.6) is 0 Å². The van der Waals surface area contributed by atoms with Gasteiger partial charge in [0.25, 0.3) is 0 Å². The fourth-order valence-corrected chi connectivity index (χ4v) is 6.91. The van der Waals surface area contributed by atoms with E-state index in [1.54, 1.807) is 35.2 Å². The molecule has 0 aromatic heterocycles. The van der Waals surface area contributed by atoms with Crippen LogP contribution < -0.4 is 0 Å². The number of aliphatic hydroxyl groups is 1. The molecular formula is C25H31BrN2O6. The van der Waals surface area contributed by atoms with Crippen molar-refractivity contribution in [1.29, 1.82) is 0 Å². The molecule has 8 nitrogen and oxygen atoms in total. The molecule has 0 saturated carbocycles. The summed E-state index contributed by atoms with van der Waals surface area (Å²) in [5.74, 6) is -3.93. The van der Waals surface area contributed by atoms with Crippen LogP contribution in [0.3, 0.4) is 0 Å². The number of fused-ring (bicyclic) bond motifs is 1. The Morgan fingerprint density at radius 3 is 2.68 bits per heavy atom. The van der Waals surface area contributed by atoms with Crippen LogP contribution in [0, 0.1) is 11.8 Å². The maximum absolute atomic E-state index is 14.1. The van der Waals surface area contributed by atoms with Crippen molar-refractivity contribution in [3.63, 3.8) is 0 Å². The van der Waals surface area contributed by atoms with Crippen molar-refractivity contribution in [3.05, 3.63) is 48.6 Å². The number of aliphatic hydroxyl groups excluding tert-OH is 1. The molecule has 2 N–H and O–H groups in total. The Labute approximate surface area is 207 Å². The van der Waals surface area contributed by atoms with Gasteiger partial charge in [-0.2, -0.15) is 0 Å². The monoisotopic (exact) mass is 534 g/mol. The number of carbonyl (C=O) groups is 3. The van der Waals surface area contributed by atoms with Gasteiger partial charge in [-0.05, 0) is 18.4 Å². The summed E-state index contributed by atoms with van der Waals surface area (Å²) in [6, 6.07) is 7.17. The van der Waals surface area contributed by atoms with Gasteiger partial charge in [-0.15, -0.1) is 6.58 Å². The van der Waals surface area contributed by atoms with Gasteiger partial charge in [-0.1, -0.05) is 65.7 Å². The normalized spacial score (nSPS) is 32.5. The minimum Gasteiger partial charge on any atom is -0.481 e. The number of carboxylic acid groups (broad SMARTS) is 1. The molecule has 3 aliphatic heterocycles. The quantitative estimate of drug-likeness (QED) is 0.352. The van der Waals surface area contributed by atoms with Crippen LogP contribution in [0.15, 0.2) is 43.0 Å². The predicted octanol–water partition coefficient (Wildman–Crippen LogP) is 2.37. The second-order valence-corrected chi connectivity index (χ2v) is 10.5. The minimum atomic E-state index is -1.27. The Bertz CT molecular complexity index is 958. The van der Waals surface area contributed by atoms with Crippen LogP contribution in [-0.4, -0.2) is 80.1 Å². The third-order valence-electron chi connectivity index (χ3n) is 7.38. The van der Waals surface area contributed by atoms with Crippen LogP contribution in [0.1, 0.15) is 37.8 Å². The summed E-state index contributed by atoms with van der Waals surface area (Å²) in [4.78, 5) is 43.1. The van der Waals surface area contributed by atoms with Crippen molar-refractivity contribution >= 4 is 33.7 Å². The smallest absolute Gasteiger partial charge is 0.310 e. The molecule has 1 unspecified atom stereocenters. The fourth-order valence-electron chi connectivity index (χ4n) is 5.96. The van der Waals surface area contributed by atoms with Gasteiger partial charge in [-0.3, -0.25) is 14.4 Å². The summed E-state index contributed by atoms with van der Waals surface area (Å²) < 4.78 is 6.32. The largest absolute Gasteiger partial charge is 0.481 e. The highest BCUT2D eigenvalue weighted by atomic mass is 79.9. The zero-order valence-corrected chi connectivity index (χ0v) is 20.8. The topological polar surface area (TPSA) is 107 Å². The molecule has 1 aromatic rings. The average molecular weight is 535 g/mol. The van der Waals surface area contributed by atoms with Crippen LogP contribution in [0.2, 0.25) is 0 Å². The highest BCUT2D eigenvalue weighted by Crippen LogP contribution is 2.61. The number of carbonyl (C=O) groups excluding carboxylic acids is 2. The lowest BCUT2D eigenvalue weighted by Crippen LogP contribution is -2.57. The Morgan fingerprint density at radius 2 is 2.09 bits per heavy atom. The van der Waals surface area contributed by atoms with E-state index in [4.69, 9.17) is 4.74 Å². The highest BCUT2D eigenvalue weighted by molar-refractivity contribution is 9.09. The molecule has 3 fully saturated rings. The number of benzene rings is 1. The van der Waals surface area contributed by atoms with Gasteiger partial charge >= 0.3 is 5.97 Å². The number of halogens is 1. The number of likely N-dealkylation sites (tertiary alicyclic amines) is 1. The first kappa shape index (κ1) is 24.9. The van der Waals surface area contributed by atoms with Gasteiger partial charge in [0.1, 0.15) is 11.6 Å². The van der Waals surface area contributed by atoms with Gasteiger partial charge in [0.2, 0.25) is 11.8 Å². The zero-order chi connectivity index (χ0) is 24.6. The molecule has 3 aliphatic rings. The molecule has 34 heavy (non-hydrogen) atoms. The van der Waals surface area contributed by atoms with Gasteiger partial charge in [-0.25, -0.2) is 0 Å². The van der Waals surface area contributed by atoms with Crippen LogP contribution in [0.4, 0.5) is 0 Å². The van der Waals surface area contributed by atoms with Crippen molar-refractivity contribution < 1.29 is 29.3 Å². The molecule has 1 aromatic carbocycles. The Hall–Kier alpha value is -2.23. The van der Waals surface area contributed by atoms with Gasteiger partial charge < -0.3 is 24.7 Å². The van der Waals surface area contributed by atoms with Gasteiger partial charge in [0.15, 0.2) is 0 Å². The third kappa shape index (κ3) is 3.78. The lowest BCUT2D eigenvalue weighted by atomic mass is 9.70. The zero-order valence-electron chi connectivity index (χ0n) is 19.2. The predicted molar refractivity (Wildman–Crippen MR) is 128 cm³/mol. The second kappa shape index (κ2) is 9.79. The molecule has 9 heteroatoms. The summed E-state index contributed by atoms with van der Waals surface area (Å²) in [7, 11) is 0. The molecular weight excluding hydrogens is 504 g/mol. The van der Waals surface area contributed by atoms with Crippen molar-refractivity contribution in [3.8, 4) is 0 Å². The molecule has 184 valence electrons. The van der Waals surface area contributed by atoms with Gasteiger partial charge in [0.05, 0.1) is 30.6 Å². The Morgan fingerprint density at radius 1 is 1.38 bits per heavy atom. The molecule has 7 atom stereocenters. The summed E-state index contributed by atoms with van der Waals surface area (Å²) in [6.45, 7) is 6.19. The first-order valence-electron chi connectivity index (χ1n) is 11.7. The number of unbranched alkanes of at least 4 members (excludes halogenated alkanes) is 1. The number of rotatable bonds is 10. The summed E-state index contributed by atoms with van der Waals surface area (Å²) in [5.41, 5.74) is -0.600. The lowest BCUT2D eigenvalue weighted by Gasteiger charge is -2.39. The maximum Gasteiger partial charge on any atom is 0.310 e. The van der Waals surface area contributed by atoms with Crippen LogP contribution in [-0.2, 0) is 19.1 Å². The van der Waals surface area contributed by atoms with Crippen molar-refractivity contribution in [1.82, 2.24) is 9.80 Å². The second-order valence-electron chi connectivity index (χ2n) is 9.28. The molecule has 2 amide bonds. The van der Waals surface area contributed by atoms with E-state index >= 15 is 0 Å². The number of alkyl halides is 1. The van der Waals surface area contributed by atoms with Crippen LogP contribution >= 0.6 is 15.9 Å². The van der Waals surface area contributed by atoms with Crippen molar-refractivity contribution in [2.45, 2.75) is 54.8 Å². The highest BCUT2D eigenvalue weighted by Gasteiger charge is 2.77. The SMILES string of the molecule is C=CCN(CCCC)C(=O)[C@H]1N([C@H](CO)c2ccccc2)C(=O)[C@@H]2[C@@H](C(=O)O)[C@@H]3O[C@@]21CC3Br. The van der Waals surface area contributed by atoms with E-state index in [9.17, 15) is 24.6 Å². The number of nitrogens with zero attached hydrogens (tertiary/aromatic N) is 2. The number of aliphatic carboxylic acids is 1. The first-order valence-corrected chi connectivity index (χ1v) is 12.7. The molecule has 0 aliphatic carbocycles. The van der Waals surface area contributed by atoms with E-state index in [1.807, 2.05) is 13.0 Å². The van der Waals surface area contributed by atoms with Gasteiger partial charge in [0, 0.05) is 17.9 Å². The number of amides is 2. The number of ether oxygens (including phenoxy) is 1. The number of carboxylic acids is 1. The summed E-state index contributed by atoms with van der Waals surface area (Å²) >= 11 is 3.55. The molecule has 2 bridgehead atoms. The summed E-state index contributed by atoms with van der Waals surface area (Å²) in [6.07, 6.45) is 2.95. The average Bonchev–Trinajstić information content (AvgIpc) is 3.41. The molecule has 1 spiro atoms. The Kier molecular flexibility index (Phi) is 7.17. The molecule has 3 heterocycles. The van der Waals surface area contributed by atoms with E-state index in [-0.39, 0.29) is 10.7 Å². The molecule has 4 rings (SSSR count). The fraction of sp³-hybridized carbons (Fsp3) is 0.560. The maximum atomic E-state index is 14.1. The van der Waals surface area contributed by atoms with E-state index in [0.29, 0.717) is 25.1 Å². The van der Waals surface area contributed by atoms with E-state index < -0.39 is 54.1 Å². The van der Waals surface area contributed by atoms with Crippen molar-refractivity contribution in [2.24, 2.45) is 11.8 Å². The lowest BCUT2D eigenvalue weighted by molar-refractivity contribution is -0.153. The standard InChI is InChI=1S/C25H31BrN2O6/c1-3-5-12-27(11-4-2)23(31)21-25-13-16(26)20(34-25)18(24(32)33)19(25)22(30)28(21)17(14-29)15-9-7-6-8-10-15/h4,6-10,16-21,29H,2-3,5,11-14H2,1H3,(H,32,33)/t16?,17-,18-,19+,20-,21-,25+/m1/s1. The molecule has 3 saturated heterocycles. The van der Waals surface area contributed by atoms with E-state index in [1.165, 1.54) is 4.90 Å². The van der Waals surface area contributed by atoms with Crippen LogP contribution in [0.25, 0.3) is 0 Å². The number of hydrogen-bond acceptors (Lipinski definition) is 5. The minimum absolute atomic E-state index is 0.291. The molecule has 0 radical (unpaired) electrons. The summed E-state index contributed by atoms with van der Waals surface area (Å²) in [5, 5.41) is 20.4. The Balaban J connectivity index is 1.84. The van der Waals surface area contributed by atoms with Crippen molar-refractivity contribution in [2.75, 3.05) is 19.7 Å². The number of hydrogen-bond donors (Lipinski definition) is 2. The van der Waals surface area contributed by atoms with E-state index in [2.05, 4.69) is 22.5 Å². The van der Waals surface area contributed by atoms with E-state index in [0.717, 1.165) is 12.8 Å².